The molecular weight excluding hydrogens is 192 g/mol. The molecule has 3 heteroatoms. The van der Waals surface area contributed by atoms with Crippen molar-refractivity contribution in [3.63, 3.8) is 0 Å². The normalized spacial score (nSPS) is 28.4. The Morgan fingerprint density at radius 3 is 3.00 bits per heavy atom. The molecule has 1 atom stereocenters. The van der Waals surface area contributed by atoms with E-state index in [0.717, 1.165) is 19.3 Å². The van der Waals surface area contributed by atoms with E-state index in [-0.39, 0.29) is 0 Å². The minimum atomic E-state index is 0.446. The van der Waals surface area contributed by atoms with Crippen LogP contribution in [0.25, 0.3) is 0 Å². The molecule has 3 N–H and O–H groups in total. The van der Waals surface area contributed by atoms with E-state index in [2.05, 4.69) is 29.8 Å². The Balaban J connectivity index is 1.71. The van der Waals surface area contributed by atoms with Gasteiger partial charge in [-0.2, -0.15) is 0 Å². The number of thiophene rings is 1. The van der Waals surface area contributed by atoms with Crippen LogP contribution < -0.4 is 11.1 Å². The fourth-order valence-electron chi connectivity index (χ4n) is 1.99. The van der Waals surface area contributed by atoms with Crippen LogP contribution in [0.3, 0.4) is 0 Å². The maximum absolute atomic E-state index is 5.74. The number of hydrogen-bond donors (Lipinski definition) is 2. The highest BCUT2D eigenvalue weighted by Crippen LogP contribution is 2.19. The van der Waals surface area contributed by atoms with Crippen LogP contribution in [0.2, 0.25) is 0 Å². The lowest BCUT2D eigenvalue weighted by molar-refractivity contribution is 0.271. The topological polar surface area (TPSA) is 38.0 Å². The first-order chi connectivity index (χ1) is 6.74. The lowest BCUT2D eigenvalue weighted by atomic mass is 9.87. The molecule has 1 fully saturated rings. The Labute approximate surface area is 89.5 Å². The summed E-state index contributed by atoms with van der Waals surface area (Å²) in [7, 11) is 0. The first kappa shape index (κ1) is 10.1. The van der Waals surface area contributed by atoms with Crippen molar-refractivity contribution in [2.75, 3.05) is 0 Å². The third-order valence-electron chi connectivity index (χ3n) is 2.78. The van der Waals surface area contributed by atoms with Crippen molar-refractivity contribution in [2.45, 2.75) is 44.3 Å². The van der Waals surface area contributed by atoms with E-state index >= 15 is 0 Å². The first-order valence-corrected chi connectivity index (χ1v) is 6.16. The Morgan fingerprint density at radius 2 is 2.43 bits per heavy atom. The smallest absolute Gasteiger partial charge is 0.00991 e. The maximum atomic E-state index is 5.74. The summed E-state index contributed by atoms with van der Waals surface area (Å²) in [6.07, 6.45) is 3.44. The summed E-state index contributed by atoms with van der Waals surface area (Å²) in [5, 5.41) is 5.75. The fourth-order valence-corrected chi connectivity index (χ4v) is 2.83. The van der Waals surface area contributed by atoms with Crippen molar-refractivity contribution in [3.05, 3.63) is 22.4 Å². The van der Waals surface area contributed by atoms with Crippen LogP contribution in [0.1, 0.15) is 24.6 Å². The van der Waals surface area contributed by atoms with Gasteiger partial charge < -0.3 is 11.1 Å². The van der Waals surface area contributed by atoms with Gasteiger partial charge >= 0.3 is 0 Å². The monoisotopic (exact) mass is 210 g/mol. The summed E-state index contributed by atoms with van der Waals surface area (Å²) in [5.74, 6) is 0. The highest BCUT2D eigenvalue weighted by Gasteiger charge is 2.26. The minimum absolute atomic E-state index is 0.446. The number of nitrogens with two attached hydrogens (primary N) is 1. The molecule has 0 amide bonds. The van der Waals surface area contributed by atoms with Crippen molar-refractivity contribution >= 4 is 11.3 Å². The van der Waals surface area contributed by atoms with E-state index in [1.54, 1.807) is 0 Å². The molecule has 14 heavy (non-hydrogen) atoms. The fraction of sp³-hybridized carbons (Fsp3) is 0.636. The van der Waals surface area contributed by atoms with Gasteiger partial charge in [0, 0.05) is 23.0 Å². The van der Waals surface area contributed by atoms with Crippen LogP contribution in [0.4, 0.5) is 0 Å². The molecule has 0 radical (unpaired) electrons. The van der Waals surface area contributed by atoms with Crippen molar-refractivity contribution < 1.29 is 0 Å². The molecule has 0 saturated heterocycles. The van der Waals surface area contributed by atoms with Crippen LogP contribution >= 0.6 is 11.3 Å². The second-order valence-electron chi connectivity index (χ2n) is 4.28. The SMILES string of the molecule is CC(Cc1cccs1)NC1CC(N)C1. The molecule has 1 heterocycles. The summed E-state index contributed by atoms with van der Waals surface area (Å²) in [5.41, 5.74) is 5.74. The largest absolute Gasteiger partial charge is 0.328 e. The lowest BCUT2D eigenvalue weighted by Gasteiger charge is -2.35. The molecule has 2 rings (SSSR count). The van der Waals surface area contributed by atoms with Gasteiger partial charge in [-0.05, 0) is 37.6 Å². The van der Waals surface area contributed by atoms with Crippen molar-refractivity contribution in [2.24, 2.45) is 5.73 Å². The molecule has 0 aromatic carbocycles. The van der Waals surface area contributed by atoms with Gasteiger partial charge in [-0.3, -0.25) is 0 Å². The molecule has 2 nitrogen and oxygen atoms in total. The number of rotatable bonds is 4. The molecule has 0 spiro atoms. The first-order valence-electron chi connectivity index (χ1n) is 5.28. The van der Waals surface area contributed by atoms with E-state index in [9.17, 15) is 0 Å². The molecule has 1 aromatic rings. The standard InChI is InChI=1S/C11H18N2S/c1-8(5-11-3-2-4-14-11)13-10-6-9(12)7-10/h2-4,8-10,13H,5-7,12H2,1H3. The predicted octanol–water partition coefficient (Wildman–Crippen LogP) is 1.76. The maximum Gasteiger partial charge on any atom is 0.00991 e. The van der Waals surface area contributed by atoms with Gasteiger partial charge in [0.15, 0.2) is 0 Å². The second-order valence-corrected chi connectivity index (χ2v) is 5.31. The number of hydrogen-bond acceptors (Lipinski definition) is 3. The van der Waals surface area contributed by atoms with Crippen LogP contribution in [-0.2, 0) is 6.42 Å². The van der Waals surface area contributed by atoms with Crippen LogP contribution in [0, 0.1) is 0 Å². The molecule has 1 aliphatic carbocycles. The number of nitrogens with one attached hydrogen (secondary N) is 1. The second kappa shape index (κ2) is 4.43. The van der Waals surface area contributed by atoms with Crippen LogP contribution in [0.15, 0.2) is 17.5 Å². The highest BCUT2D eigenvalue weighted by atomic mass is 32.1. The van der Waals surface area contributed by atoms with Gasteiger partial charge in [-0.25, -0.2) is 0 Å². The van der Waals surface area contributed by atoms with Gasteiger partial charge in [0.2, 0.25) is 0 Å². The molecular formula is C11H18N2S. The highest BCUT2D eigenvalue weighted by molar-refractivity contribution is 7.09. The van der Waals surface area contributed by atoms with E-state index in [1.807, 2.05) is 11.3 Å². The van der Waals surface area contributed by atoms with Gasteiger partial charge in [-0.1, -0.05) is 6.07 Å². The van der Waals surface area contributed by atoms with Gasteiger partial charge in [0.25, 0.3) is 0 Å². The minimum Gasteiger partial charge on any atom is -0.328 e. The zero-order valence-electron chi connectivity index (χ0n) is 8.57. The average Bonchev–Trinajstić information content (AvgIpc) is 2.54. The third kappa shape index (κ3) is 2.56. The Kier molecular flexibility index (Phi) is 3.21. The average molecular weight is 210 g/mol. The Morgan fingerprint density at radius 1 is 1.64 bits per heavy atom. The van der Waals surface area contributed by atoms with E-state index in [1.165, 1.54) is 4.88 Å². The summed E-state index contributed by atoms with van der Waals surface area (Å²) >= 11 is 1.84. The molecule has 0 aliphatic heterocycles. The quantitative estimate of drug-likeness (QED) is 0.794. The van der Waals surface area contributed by atoms with E-state index in [0.29, 0.717) is 18.1 Å². The summed E-state index contributed by atoms with van der Waals surface area (Å²) < 4.78 is 0. The van der Waals surface area contributed by atoms with Crippen LogP contribution in [-0.4, -0.2) is 18.1 Å². The summed E-state index contributed by atoms with van der Waals surface area (Å²) in [6, 6.07) is 6.01. The molecule has 1 unspecified atom stereocenters. The Bertz CT molecular complexity index is 265. The molecule has 0 bridgehead atoms. The van der Waals surface area contributed by atoms with Crippen molar-refractivity contribution in [3.8, 4) is 0 Å². The van der Waals surface area contributed by atoms with Gasteiger partial charge in [-0.15, -0.1) is 11.3 Å². The van der Waals surface area contributed by atoms with Gasteiger partial charge in [0.05, 0.1) is 0 Å². The van der Waals surface area contributed by atoms with Crippen molar-refractivity contribution in [1.29, 1.82) is 0 Å². The molecule has 78 valence electrons. The van der Waals surface area contributed by atoms with Crippen molar-refractivity contribution in [1.82, 2.24) is 5.32 Å². The molecule has 1 aliphatic rings. The summed E-state index contributed by atoms with van der Waals surface area (Å²) in [6.45, 7) is 2.25. The molecule has 1 aromatic heterocycles. The zero-order chi connectivity index (χ0) is 9.97. The van der Waals surface area contributed by atoms with E-state index < -0.39 is 0 Å². The van der Waals surface area contributed by atoms with E-state index in [4.69, 9.17) is 5.73 Å². The molecule has 1 saturated carbocycles. The third-order valence-corrected chi connectivity index (χ3v) is 3.68. The predicted molar refractivity (Wildman–Crippen MR) is 61.6 cm³/mol. The Hall–Kier alpha value is -0.380. The summed E-state index contributed by atoms with van der Waals surface area (Å²) in [4.78, 5) is 1.47. The zero-order valence-corrected chi connectivity index (χ0v) is 9.39. The van der Waals surface area contributed by atoms with Crippen LogP contribution in [0.5, 0.6) is 0 Å². The lowest BCUT2D eigenvalue weighted by Crippen LogP contribution is -2.51. The van der Waals surface area contributed by atoms with Gasteiger partial charge in [0.1, 0.15) is 0 Å².